The number of aliphatic hydroxyl groups excluding tert-OH is 10. The zero-order valence-corrected chi connectivity index (χ0v) is 36.3. The average Bonchev–Trinajstić information content (AvgIpc) is 3.33. The largest absolute Gasteiger partial charge is 0.508 e. The van der Waals surface area contributed by atoms with Gasteiger partial charge in [0.05, 0.1) is 27.4 Å². The van der Waals surface area contributed by atoms with Gasteiger partial charge in [0.15, 0.2) is 29.7 Å². The summed E-state index contributed by atoms with van der Waals surface area (Å²) in [6, 6.07) is 9.75. The summed E-state index contributed by atoms with van der Waals surface area (Å²) in [6.07, 6.45) is -25.7. The molecule has 0 saturated carbocycles. The molecule has 1 aromatic heterocycles. The Labute approximate surface area is 388 Å². The van der Waals surface area contributed by atoms with Crippen molar-refractivity contribution in [3.8, 4) is 51.6 Å². The van der Waals surface area contributed by atoms with Crippen LogP contribution in [0.3, 0.4) is 0 Å². The van der Waals surface area contributed by atoms with Crippen LogP contribution in [0.4, 0.5) is 0 Å². The van der Waals surface area contributed by atoms with Crippen molar-refractivity contribution < 1.29 is 118 Å². The van der Waals surface area contributed by atoms with Crippen molar-refractivity contribution in [3.63, 3.8) is 0 Å². The van der Waals surface area contributed by atoms with E-state index in [1.807, 2.05) is 0 Å². The number of phenols is 3. The number of rotatable bonds is 15. The third-order valence-electron chi connectivity index (χ3n) is 11.5. The highest BCUT2D eigenvalue weighted by Gasteiger charge is 2.52. The molecule has 25 nitrogen and oxygen atoms in total. The number of aliphatic hydroxyl groups is 10. The van der Waals surface area contributed by atoms with Gasteiger partial charge in [-0.2, -0.15) is 0 Å². The minimum atomic E-state index is -2.11. The highest BCUT2D eigenvalue weighted by atomic mass is 16.8. The normalized spacial score (nSPS) is 31.6. The highest BCUT2D eigenvalue weighted by molar-refractivity contribution is 5.89. The van der Waals surface area contributed by atoms with Gasteiger partial charge in [-0.1, -0.05) is 0 Å². The topological polar surface area (TPSA) is 393 Å². The Balaban J connectivity index is 1.17. The fourth-order valence-electron chi connectivity index (χ4n) is 7.65. The molecule has 0 bridgehead atoms. The molecule has 7 rings (SSSR count). The van der Waals surface area contributed by atoms with Gasteiger partial charge in [-0.15, -0.1) is 0 Å². The van der Waals surface area contributed by atoms with Crippen LogP contribution in [0, 0.1) is 0 Å². The third kappa shape index (κ3) is 10.5. The van der Waals surface area contributed by atoms with Crippen molar-refractivity contribution in [2.75, 3.05) is 34.0 Å². The lowest BCUT2D eigenvalue weighted by Crippen LogP contribution is -2.65. The number of benzene rings is 3. The van der Waals surface area contributed by atoms with Crippen LogP contribution >= 0.6 is 0 Å². The number of methoxy groups -OCH3 is 2. The van der Waals surface area contributed by atoms with Crippen LogP contribution in [0.5, 0.6) is 40.2 Å². The fraction of sp³-hybridized carbons (Fsp3) is 0.455. The van der Waals surface area contributed by atoms with Gasteiger partial charge >= 0.3 is 5.97 Å². The van der Waals surface area contributed by atoms with E-state index in [-0.39, 0.29) is 34.3 Å². The Kier molecular flexibility index (Phi) is 15.8. The standard InChI is InChI=1S/C44H50O25/c1-60-22-9-16(10-23(61-2)29(22)50)3-8-27(49)62-15-26-32(53)35(56)38(59)43(67-26)69-41-36(57)31(52)25(14-46)66-44(41)68-40-33(54)28-20(48)11-19(63-42-37(58)34(55)30(51)24(13-45)65-42)12-21(28)64-39(40)17-4-6-18(47)7-5-17/h3-12,24-26,30-32,34-38,41-48,50-53,55-59H,13-15H2,1-2H3/b8-3+/t24-,25+,26+,30-,31+,32+,34+,35-,36-,37+,38+,41+,42+,43-,44-/m0/s1. The van der Waals surface area contributed by atoms with Gasteiger partial charge in [-0.3, -0.25) is 4.79 Å². The summed E-state index contributed by atoms with van der Waals surface area (Å²) < 4.78 is 55.9. The first kappa shape index (κ1) is 51.0. The number of aromatic hydroxyl groups is 3. The lowest BCUT2D eigenvalue weighted by molar-refractivity contribution is -0.358. The first-order valence-corrected chi connectivity index (χ1v) is 20.9. The monoisotopic (exact) mass is 978 g/mol. The van der Waals surface area contributed by atoms with Crippen molar-refractivity contribution in [1.82, 2.24) is 0 Å². The Morgan fingerprint density at radius 1 is 0.667 bits per heavy atom. The molecule has 376 valence electrons. The van der Waals surface area contributed by atoms with Gasteiger partial charge in [-0.05, 0) is 48.0 Å². The number of hydrogen-bond donors (Lipinski definition) is 13. The molecule has 0 aliphatic carbocycles. The summed E-state index contributed by atoms with van der Waals surface area (Å²) in [7, 11) is 2.61. The van der Waals surface area contributed by atoms with Crippen molar-refractivity contribution in [3.05, 3.63) is 70.4 Å². The second-order valence-corrected chi connectivity index (χ2v) is 15.9. The lowest BCUT2D eigenvalue weighted by atomic mass is 9.97. The second kappa shape index (κ2) is 21.4. The summed E-state index contributed by atoms with van der Waals surface area (Å²) in [5, 5.41) is 136. The summed E-state index contributed by atoms with van der Waals surface area (Å²) >= 11 is 0. The van der Waals surface area contributed by atoms with Crippen LogP contribution in [0.2, 0.25) is 0 Å². The van der Waals surface area contributed by atoms with E-state index in [1.165, 1.54) is 56.7 Å². The molecule has 25 heteroatoms. The maximum Gasteiger partial charge on any atom is 0.330 e. The molecule has 0 spiro atoms. The summed E-state index contributed by atoms with van der Waals surface area (Å²) in [5.74, 6) is -3.76. The Bertz CT molecular complexity index is 2490. The predicted octanol–water partition coefficient (Wildman–Crippen LogP) is -2.96. The van der Waals surface area contributed by atoms with Crippen LogP contribution in [0.25, 0.3) is 28.4 Å². The van der Waals surface area contributed by atoms with E-state index < -0.39 is 152 Å². The molecular formula is C44H50O25. The van der Waals surface area contributed by atoms with Gasteiger partial charge in [0.2, 0.25) is 29.5 Å². The molecule has 3 saturated heterocycles. The maximum absolute atomic E-state index is 14.5. The molecule has 0 unspecified atom stereocenters. The Hall–Kier alpha value is -5.88. The van der Waals surface area contributed by atoms with E-state index in [2.05, 4.69) is 0 Å². The van der Waals surface area contributed by atoms with Crippen molar-refractivity contribution in [2.24, 2.45) is 0 Å². The lowest BCUT2D eigenvalue weighted by Gasteiger charge is -2.45. The smallest absolute Gasteiger partial charge is 0.330 e. The second-order valence-electron chi connectivity index (χ2n) is 15.9. The molecule has 15 atom stereocenters. The summed E-state index contributed by atoms with van der Waals surface area (Å²) in [4.78, 5) is 27.2. The van der Waals surface area contributed by atoms with Gasteiger partial charge in [0.25, 0.3) is 0 Å². The SMILES string of the molecule is COc1cc(/C=C/C(=O)OC[C@H]2O[C@@H](O[C@H]3[C@H](Oc4c(-c5ccc(O)cc5)oc5cc(O[C@@H]6O[C@@H](CO)[C@H](O)[C@@H](O)[C@H]6O)cc(O)c5c4=O)O[C@H](CO)[C@@H](O)[C@@H]3O)[C@H](O)[C@@H](O)[C@@H]2O)cc(OC)c1O. The number of esters is 1. The molecule has 0 radical (unpaired) electrons. The van der Waals surface area contributed by atoms with Gasteiger partial charge in [-0.25, -0.2) is 4.79 Å². The molecular weight excluding hydrogens is 928 g/mol. The van der Waals surface area contributed by atoms with Crippen LogP contribution in [-0.2, 0) is 28.5 Å². The first-order valence-electron chi connectivity index (χ1n) is 20.9. The maximum atomic E-state index is 14.5. The predicted molar refractivity (Wildman–Crippen MR) is 227 cm³/mol. The van der Waals surface area contributed by atoms with Crippen molar-refractivity contribution in [1.29, 1.82) is 0 Å². The van der Waals surface area contributed by atoms with Gasteiger partial charge in [0, 0.05) is 23.8 Å². The van der Waals surface area contributed by atoms with Crippen LogP contribution < -0.4 is 24.4 Å². The minimum absolute atomic E-state index is 0.0343. The fourth-order valence-corrected chi connectivity index (χ4v) is 7.65. The molecule has 4 heterocycles. The molecule has 3 aromatic carbocycles. The van der Waals surface area contributed by atoms with Gasteiger partial charge in [0.1, 0.15) is 102 Å². The van der Waals surface area contributed by atoms with Crippen molar-refractivity contribution in [2.45, 2.75) is 92.1 Å². The number of carbonyl (C=O) groups is 1. The molecule has 3 aliphatic heterocycles. The van der Waals surface area contributed by atoms with E-state index in [0.717, 1.165) is 18.2 Å². The van der Waals surface area contributed by atoms with E-state index in [1.54, 1.807) is 0 Å². The zero-order chi connectivity index (χ0) is 50.0. The van der Waals surface area contributed by atoms with Crippen LogP contribution in [-0.4, -0.2) is 199 Å². The van der Waals surface area contributed by atoms with E-state index >= 15 is 0 Å². The molecule has 69 heavy (non-hydrogen) atoms. The van der Waals surface area contributed by atoms with E-state index in [9.17, 15) is 76.0 Å². The number of ether oxygens (including phenoxy) is 9. The minimum Gasteiger partial charge on any atom is -0.508 e. The first-order chi connectivity index (χ1) is 32.9. The van der Waals surface area contributed by atoms with Gasteiger partial charge < -0.3 is 113 Å². The molecule has 3 aliphatic rings. The molecule has 13 N–H and O–H groups in total. The number of fused-ring (bicyclic) bond motifs is 1. The number of phenolic OH excluding ortho intramolecular Hbond substituents is 3. The Morgan fingerprint density at radius 2 is 1.23 bits per heavy atom. The quantitative estimate of drug-likeness (QED) is 0.0418. The molecule has 3 fully saturated rings. The molecule has 0 amide bonds. The third-order valence-corrected chi connectivity index (χ3v) is 11.5. The van der Waals surface area contributed by atoms with Crippen LogP contribution in [0.15, 0.2) is 63.8 Å². The Morgan fingerprint density at radius 3 is 1.84 bits per heavy atom. The highest BCUT2D eigenvalue weighted by Crippen LogP contribution is 2.40. The van der Waals surface area contributed by atoms with E-state index in [4.69, 9.17) is 47.0 Å². The van der Waals surface area contributed by atoms with Crippen LogP contribution in [0.1, 0.15) is 5.56 Å². The number of hydrogen-bond acceptors (Lipinski definition) is 25. The summed E-state index contributed by atoms with van der Waals surface area (Å²) in [6.45, 7) is -2.48. The zero-order valence-electron chi connectivity index (χ0n) is 36.3. The average molecular weight is 979 g/mol. The molecule has 4 aromatic rings. The number of carbonyl (C=O) groups excluding carboxylic acids is 1. The summed E-state index contributed by atoms with van der Waals surface area (Å²) in [5.41, 5.74) is -1.15. The van der Waals surface area contributed by atoms with E-state index in [0.29, 0.717) is 5.56 Å². The van der Waals surface area contributed by atoms with Crippen molar-refractivity contribution >= 4 is 23.0 Å².